The van der Waals surface area contributed by atoms with E-state index in [4.69, 9.17) is 0 Å². The average molecular weight is 247 g/mol. The fourth-order valence-electron chi connectivity index (χ4n) is 1.11. The molecule has 0 aliphatic heterocycles. The molecule has 0 aromatic rings. The minimum Gasteiger partial charge on any atom is -0.547 e. The Labute approximate surface area is 98.3 Å². The SMILES string of the molecule is CCOC(=O)CC(O)(CC(=O)OCC)C(=O)[O-]. The first kappa shape index (κ1) is 15.4. The number of rotatable bonds is 7. The van der Waals surface area contributed by atoms with E-state index in [9.17, 15) is 24.6 Å². The number of carbonyl (C=O) groups is 3. The van der Waals surface area contributed by atoms with E-state index in [-0.39, 0.29) is 13.2 Å². The predicted molar refractivity (Wildman–Crippen MR) is 52.5 cm³/mol. The van der Waals surface area contributed by atoms with E-state index in [1.54, 1.807) is 0 Å². The molecular formula is C10H15O7-. The summed E-state index contributed by atoms with van der Waals surface area (Å²) in [6.07, 6.45) is -1.72. The van der Waals surface area contributed by atoms with Crippen LogP contribution >= 0.6 is 0 Å². The molecule has 0 saturated carbocycles. The Kier molecular flexibility index (Phi) is 6.19. The van der Waals surface area contributed by atoms with Gasteiger partial charge >= 0.3 is 11.9 Å². The lowest BCUT2D eigenvalue weighted by Crippen LogP contribution is -2.51. The zero-order valence-electron chi connectivity index (χ0n) is 9.73. The molecule has 0 fully saturated rings. The van der Waals surface area contributed by atoms with Crippen molar-refractivity contribution in [1.82, 2.24) is 0 Å². The fourth-order valence-corrected chi connectivity index (χ4v) is 1.11. The van der Waals surface area contributed by atoms with Gasteiger partial charge < -0.3 is 24.5 Å². The minimum atomic E-state index is -2.60. The van der Waals surface area contributed by atoms with Crippen molar-refractivity contribution in [3.63, 3.8) is 0 Å². The number of aliphatic carboxylic acids is 1. The average Bonchev–Trinajstić information content (AvgIpc) is 2.17. The quantitative estimate of drug-likeness (QED) is 0.537. The first-order valence-electron chi connectivity index (χ1n) is 5.10. The molecule has 0 aliphatic carbocycles. The van der Waals surface area contributed by atoms with Gasteiger partial charge in [-0.2, -0.15) is 0 Å². The topological polar surface area (TPSA) is 113 Å². The van der Waals surface area contributed by atoms with Crippen LogP contribution in [0.25, 0.3) is 0 Å². The highest BCUT2D eigenvalue weighted by atomic mass is 16.5. The van der Waals surface area contributed by atoms with Crippen molar-refractivity contribution in [3.05, 3.63) is 0 Å². The first-order valence-corrected chi connectivity index (χ1v) is 5.10. The molecule has 7 heteroatoms. The number of ether oxygens (including phenoxy) is 2. The number of carboxylic acid groups (broad SMARTS) is 1. The third kappa shape index (κ3) is 5.30. The monoisotopic (exact) mass is 247 g/mol. The maximum absolute atomic E-state index is 11.1. The molecule has 0 atom stereocenters. The second-order valence-electron chi connectivity index (χ2n) is 3.28. The number of aliphatic hydroxyl groups is 1. The molecule has 17 heavy (non-hydrogen) atoms. The molecule has 0 saturated heterocycles. The molecule has 98 valence electrons. The second-order valence-corrected chi connectivity index (χ2v) is 3.28. The van der Waals surface area contributed by atoms with Crippen LogP contribution in [0.5, 0.6) is 0 Å². The van der Waals surface area contributed by atoms with Gasteiger partial charge in [0.1, 0.15) is 5.60 Å². The van der Waals surface area contributed by atoms with Crippen LogP contribution in [0.1, 0.15) is 26.7 Å². The van der Waals surface area contributed by atoms with Crippen LogP contribution in [0.4, 0.5) is 0 Å². The van der Waals surface area contributed by atoms with Crippen molar-refractivity contribution >= 4 is 17.9 Å². The van der Waals surface area contributed by atoms with Crippen LogP contribution < -0.4 is 5.11 Å². The van der Waals surface area contributed by atoms with Gasteiger partial charge in [0.2, 0.25) is 0 Å². The Balaban J connectivity index is 4.62. The molecule has 0 aromatic heterocycles. The van der Waals surface area contributed by atoms with Crippen molar-refractivity contribution in [1.29, 1.82) is 0 Å². The molecule has 0 unspecified atom stereocenters. The Bertz CT molecular complexity index is 277. The lowest BCUT2D eigenvalue weighted by molar-refractivity contribution is -0.325. The summed E-state index contributed by atoms with van der Waals surface area (Å²) < 4.78 is 8.97. The van der Waals surface area contributed by atoms with E-state index in [2.05, 4.69) is 9.47 Å². The largest absolute Gasteiger partial charge is 0.547 e. The summed E-state index contributed by atoms with van der Waals surface area (Å²) in [5, 5.41) is 20.3. The summed E-state index contributed by atoms with van der Waals surface area (Å²) in [4.78, 5) is 32.9. The minimum absolute atomic E-state index is 0.0430. The Morgan fingerprint density at radius 2 is 1.41 bits per heavy atom. The molecule has 0 aromatic carbocycles. The Morgan fingerprint density at radius 1 is 1.06 bits per heavy atom. The van der Waals surface area contributed by atoms with E-state index in [1.807, 2.05) is 0 Å². The maximum atomic E-state index is 11.1. The molecule has 0 radical (unpaired) electrons. The first-order chi connectivity index (χ1) is 7.85. The van der Waals surface area contributed by atoms with Crippen LogP contribution in [0.2, 0.25) is 0 Å². The van der Waals surface area contributed by atoms with Gasteiger partial charge in [-0.1, -0.05) is 0 Å². The van der Waals surface area contributed by atoms with Gasteiger partial charge in [-0.05, 0) is 13.8 Å². The van der Waals surface area contributed by atoms with E-state index in [0.717, 1.165) is 0 Å². The number of hydrogen-bond acceptors (Lipinski definition) is 7. The molecule has 0 rings (SSSR count). The standard InChI is InChI=1S/C10H16O7/c1-3-16-7(11)5-10(15,9(13)14)6-8(12)17-4-2/h15H,3-6H2,1-2H3,(H,13,14)/p-1. The Hall–Kier alpha value is -1.63. The molecule has 0 bridgehead atoms. The van der Waals surface area contributed by atoms with Crippen LogP contribution in [-0.2, 0) is 23.9 Å². The summed E-state index contributed by atoms with van der Waals surface area (Å²) in [6.45, 7) is 3.14. The van der Waals surface area contributed by atoms with Gasteiger partial charge in [0.15, 0.2) is 0 Å². The number of carbonyl (C=O) groups excluding carboxylic acids is 3. The number of esters is 2. The molecule has 7 nitrogen and oxygen atoms in total. The molecule has 0 amide bonds. The summed E-state index contributed by atoms with van der Waals surface area (Å²) in [7, 11) is 0. The van der Waals surface area contributed by atoms with Crippen molar-refractivity contribution in [2.75, 3.05) is 13.2 Å². The lowest BCUT2D eigenvalue weighted by Gasteiger charge is -2.26. The van der Waals surface area contributed by atoms with Gasteiger partial charge in [0.25, 0.3) is 0 Å². The zero-order valence-corrected chi connectivity index (χ0v) is 9.73. The molecule has 1 N–H and O–H groups in total. The van der Waals surface area contributed by atoms with E-state index < -0.39 is 36.4 Å². The van der Waals surface area contributed by atoms with Gasteiger partial charge in [0.05, 0.1) is 32.0 Å². The highest BCUT2D eigenvalue weighted by Crippen LogP contribution is 2.16. The third-order valence-corrected chi connectivity index (χ3v) is 1.86. The van der Waals surface area contributed by atoms with E-state index in [0.29, 0.717) is 0 Å². The second kappa shape index (κ2) is 6.85. The summed E-state index contributed by atoms with van der Waals surface area (Å²) in [5.41, 5.74) is -2.60. The van der Waals surface area contributed by atoms with Gasteiger partial charge in [-0.3, -0.25) is 9.59 Å². The summed E-state index contributed by atoms with van der Waals surface area (Å²) in [5.74, 6) is -3.77. The number of carboxylic acids is 1. The van der Waals surface area contributed by atoms with Crippen molar-refractivity contribution in [3.8, 4) is 0 Å². The van der Waals surface area contributed by atoms with Crippen LogP contribution in [0.15, 0.2) is 0 Å². The van der Waals surface area contributed by atoms with Gasteiger partial charge in [-0.15, -0.1) is 0 Å². The predicted octanol–water partition coefficient (Wildman–Crippen LogP) is -1.63. The molecule has 0 heterocycles. The number of hydrogen-bond donors (Lipinski definition) is 1. The lowest BCUT2D eigenvalue weighted by atomic mass is 9.96. The van der Waals surface area contributed by atoms with Crippen molar-refractivity contribution < 1.29 is 34.1 Å². The Morgan fingerprint density at radius 3 is 1.65 bits per heavy atom. The molecule has 0 spiro atoms. The van der Waals surface area contributed by atoms with Crippen molar-refractivity contribution in [2.24, 2.45) is 0 Å². The summed E-state index contributed by atoms with van der Waals surface area (Å²) in [6, 6.07) is 0. The normalized spacial score (nSPS) is 10.8. The van der Waals surface area contributed by atoms with Gasteiger partial charge in [-0.25, -0.2) is 0 Å². The zero-order chi connectivity index (χ0) is 13.5. The van der Waals surface area contributed by atoms with Crippen LogP contribution in [0.3, 0.4) is 0 Å². The molecular weight excluding hydrogens is 232 g/mol. The fraction of sp³-hybridized carbons (Fsp3) is 0.700. The van der Waals surface area contributed by atoms with Crippen molar-refractivity contribution in [2.45, 2.75) is 32.3 Å². The maximum Gasteiger partial charge on any atom is 0.309 e. The highest BCUT2D eigenvalue weighted by molar-refractivity contribution is 5.87. The van der Waals surface area contributed by atoms with E-state index in [1.165, 1.54) is 13.8 Å². The van der Waals surface area contributed by atoms with Gasteiger partial charge in [0, 0.05) is 0 Å². The van der Waals surface area contributed by atoms with Crippen LogP contribution in [-0.4, -0.2) is 41.8 Å². The van der Waals surface area contributed by atoms with E-state index >= 15 is 0 Å². The highest BCUT2D eigenvalue weighted by Gasteiger charge is 2.35. The molecule has 0 aliphatic rings. The third-order valence-electron chi connectivity index (χ3n) is 1.86. The van der Waals surface area contributed by atoms with Crippen LogP contribution in [0, 0.1) is 0 Å². The smallest absolute Gasteiger partial charge is 0.309 e. The summed E-state index contributed by atoms with van der Waals surface area (Å²) >= 11 is 0.